The molecule has 6 nitrogen and oxygen atoms in total. The first-order chi connectivity index (χ1) is 14.4. The number of nitrogens with zero attached hydrogens (tertiary/aromatic N) is 2. The van der Waals surface area contributed by atoms with Gasteiger partial charge < -0.3 is 9.73 Å². The van der Waals surface area contributed by atoms with Gasteiger partial charge in [-0.2, -0.15) is 0 Å². The minimum Gasteiger partial charge on any atom is -0.408 e. The Kier molecular flexibility index (Phi) is 5.55. The molecule has 4 rings (SSSR count). The number of aromatic nitrogens is 2. The first kappa shape index (κ1) is 20.1. The van der Waals surface area contributed by atoms with E-state index in [2.05, 4.69) is 43.2 Å². The average Bonchev–Trinajstić information content (AvgIpc) is 3.25. The van der Waals surface area contributed by atoms with E-state index in [1.54, 1.807) is 10.6 Å². The topological polar surface area (TPSA) is 77.1 Å². The van der Waals surface area contributed by atoms with Gasteiger partial charge in [0, 0.05) is 23.9 Å². The summed E-state index contributed by atoms with van der Waals surface area (Å²) >= 11 is 1.42. The summed E-state index contributed by atoms with van der Waals surface area (Å²) in [5.41, 5.74) is 6.87. The fraction of sp³-hybridized carbons (Fsp3) is 0.261. The van der Waals surface area contributed by atoms with Crippen LogP contribution in [0.25, 0.3) is 22.4 Å². The zero-order valence-corrected chi connectivity index (χ0v) is 18.0. The van der Waals surface area contributed by atoms with Crippen molar-refractivity contribution in [1.29, 1.82) is 0 Å². The molecule has 0 spiro atoms. The first-order valence-corrected chi connectivity index (χ1v) is 10.7. The number of oxazole rings is 1. The number of para-hydroxylation sites is 2. The van der Waals surface area contributed by atoms with E-state index >= 15 is 0 Å². The molecule has 0 saturated carbocycles. The summed E-state index contributed by atoms with van der Waals surface area (Å²) in [6.45, 7) is 6.66. The van der Waals surface area contributed by atoms with E-state index in [1.165, 1.54) is 28.0 Å². The Morgan fingerprint density at radius 2 is 1.90 bits per heavy atom. The number of thiazole rings is 1. The molecule has 0 bridgehead atoms. The SMILES string of the molecule is Cc1cc(C)c(-c2csc(NC(=O)CCCn3c(=O)oc4ccccc43)n2)c(C)c1. The Morgan fingerprint density at radius 3 is 2.67 bits per heavy atom. The number of fused-ring (bicyclic) bond motifs is 1. The maximum atomic E-state index is 12.4. The third-order valence-electron chi connectivity index (χ3n) is 5.04. The molecular weight excluding hydrogens is 398 g/mol. The largest absolute Gasteiger partial charge is 0.419 e. The predicted molar refractivity (Wildman–Crippen MR) is 120 cm³/mol. The van der Waals surface area contributed by atoms with Crippen molar-refractivity contribution in [1.82, 2.24) is 9.55 Å². The summed E-state index contributed by atoms with van der Waals surface area (Å²) in [7, 11) is 0. The molecule has 0 saturated heterocycles. The number of carbonyl (C=O) groups is 1. The second-order valence-electron chi connectivity index (χ2n) is 7.45. The lowest BCUT2D eigenvalue weighted by Crippen LogP contribution is -2.17. The monoisotopic (exact) mass is 421 g/mol. The van der Waals surface area contributed by atoms with Crippen LogP contribution in [0, 0.1) is 20.8 Å². The molecule has 30 heavy (non-hydrogen) atoms. The van der Waals surface area contributed by atoms with E-state index in [1.807, 2.05) is 23.6 Å². The molecule has 4 aromatic rings. The predicted octanol–water partition coefficient (Wildman–Crippen LogP) is 5.06. The Bertz CT molecular complexity index is 1260. The van der Waals surface area contributed by atoms with Gasteiger partial charge in [-0.15, -0.1) is 11.3 Å². The molecule has 2 heterocycles. The van der Waals surface area contributed by atoms with Crippen molar-refractivity contribution in [3.05, 3.63) is 69.0 Å². The number of rotatable bonds is 6. The van der Waals surface area contributed by atoms with E-state index in [0.717, 1.165) is 16.8 Å². The molecule has 1 amide bonds. The lowest BCUT2D eigenvalue weighted by Gasteiger charge is -2.08. The Labute approximate surface area is 178 Å². The number of amides is 1. The molecule has 0 atom stereocenters. The number of hydrogen-bond donors (Lipinski definition) is 1. The van der Waals surface area contributed by atoms with Crippen LogP contribution in [-0.2, 0) is 11.3 Å². The smallest absolute Gasteiger partial charge is 0.408 e. The second-order valence-corrected chi connectivity index (χ2v) is 8.31. The quantitative estimate of drug-likeness (QED) is 0.472. The highest BCUT2D eigenvalue weighted by Crippen LogP contribution is 2.31. The van der Waals surface area contributed by atoms with Crippen LogP contribution in [0.2, 0.25) is 0 Å². The highest BCUT2D eigenvalue weighted by molar-refractivity contribution is 7.14. The summed E-state index contributed by atoms with van der Waals surface area (Å²) in [6, 6.07) is 11.6. The normalized spacial score (nSPS) is 11.2. The van der Waals surface area contributed by atoms with Crippen LogP contribution in [0.3, 0.4) is 0 Å². The Hall–Kier alpha value is -3.19. The van der Waals surface area contributed by atoms with Crippen molar-refractivity contribution < 1.29 is 9.21 Å². The molecule has 0 aliphatic heterocycles. The van der Waals surface area contributed by atoms with E-state index in [-0.39, 0.29) is 5.91 Å². The van der Waals surface area contributed by atoms with E-state index in [0.29, 0.717) is 30.1 Å². The van der Waals surface area contributed by atoms with Crippen molar-refractivity contribution in [2.24, 2.45) is 0 Å². The van der Waals surface area contributed by atoms with Crippen LogP contribution < -0.4 is 11.1 Å². The molecule has 2 aromatic carbocycles. The van der Waals surface area contributed by atoms with Crippen LogP contribution in [0.15, 0.2) is 51.0 Å². The van der Waals surface area contributed by atoms with Crippen LogP contribution >= 0.6 is 11.3 Å². The van der Waals surface area contributed by atoms with Crippen LogP contribution in [0.5, 0.6) is 0 Å². The second kappa shape index (κ2) is 8.28. The van der Waals surface area contributed by atoms with E-state index in [4.69, 9.17) is 4.42 Å². The van der Waals surface area contributed by atoms with Gasteiger partial charge in [0.15, 0.2) is 10.7 Å². The molecular formula is C23H23N3O3S. The molecule has 0 radical (unpaired) electrons. The fourth-order valence-electron chi connectivity index (χ4n) is 3.84. The van der Waals surface area contributed by atoms with Gasteiger partial charge in [0.2, 0.25) is 5.91 Å². The molecule has 7 heteroatoms. The summed E-state index contributed by atoms with van der Waals surface area (Å²) in [4.78, 5) is 29.0. The van der Waals surface area contributed by atoms with Crippen molar-refractivity contribution in [2.45, 2.75) is 40.2 Å². The highest BCUT2D eigenvalue weighted by atomic mass is 32.1. The van der Waals surface area contributed by atoms with Gasteiger partial charge in [0.25, 0.3) is 0 Å². The summed E-state index contributed by atoms with van der Waals surface area (Å²) in [5, 5.41) is 5.43. The molecule has 0 aliphatic carbocycles. The van der Waals surface area contributed by atoms with Gasteiger partial charge in [-0.3, -0.25) is 9.36 Å². The number of carbonyl (C=O) groups excluding carboxylic acids is 1. The van der Waals surface area contributed by atoms with Gasteiger partial charge in [0.05, 0.1) is 11.2 Å². The lowest BCUT2D eigenvalue weighted by atomic mass is 9.98. The number of anilines is 1. The maximum absolute atomic E-state index is 12.4. The zero-order chi connectivity index (χ0) is 21.3. The Balaban J connectivity index is 1.38. The minimum absolute atomic E-state index is 0.117. The van der Waals surface area contributed by atoms with Gasteiger partial charge >= 0.3 is 5.76 Å². The Morgan fingerprint density at radius 1 is 1.17 bits per heavy atom. The number of hydrogen-bond acceptors (Lipinski definition) is 5. The lowest BCUT2D eigenvalue weighted by molar-refractivity contribution is -0.116. The maximum Gasteiger partial charge on any atom is 0.419 e. The number of aryl methyl sites for hydroxylation is 4. The third-order valence-corrected chi connectivity index (χ3v) is 5.80. The van der Waals surface area contributed by atoms with Gasteiger partial charge in [-0.25, -0.2) is 9.78 Å². The van der Waals surface area contributed by atoms with Crippen LogP contribution in [-0.4, -0.2) is 15.5 Å². The van der Waals surface area contributed by atoms with Gasteiger partial charge in [-0.05, 0) is 50.5 Å². The van der Waals surface area contributed by atoms with E-state index in [9.17, 15) is 9.59 Å². The average molecular weight is 422 g/mol. The minimum atomic E-state index is -0.398. The van der Waals surface area contributed by atoms with Gasteiger partial charge in [0.1, 0.15) is 0 Å². The fourth-order valence-corrected chi connectivity index (χ4v) is 4.55. The van der Waals surface area contributed by atoms with Crippen LogP contribution in [0.4, 0.5) is 5.13 Å². The standard InChI is InChI=1S/C23H23N3O3S/c1-14-11-15(2)21(16(3)12-14)17-13-30-22(24-17)25-20(27)9-6-10-26-18-7-4-5-8-19(18)29-23(26)28/h4-5,7-8,11-13H,6,9-10H2,1-3H3,(H,24,25,27). The summed E-state index contributed by atoms with van der Waals surface area (Å²) in [5.74, 6) is -0.515. The van der Waals surface area contributed by atoms with Crippen molar-refractivity contribution in [3.63, 3.8) is 0 Å². The van der Waals surface area contributed by atoms with Crippen molar-refractivity contribution in [2.75, 3.05) is 5.32 Å². The zero-order valence-electron chi connectivity index (χ0n) is 17.2. The van der Waals surface area contributed by atoms with Crippen molar-refractivity contribution in [3.8, 4) is 11.3 Å². The molecule has 0 fully saturated rings. The van der Waals surface area contributed by atoms with E-state index < -0.39 is 5.76 Å². The molecule has 0 aliphatic rings. The molecule has 0 unspecified atom stereocenters. The summed E-state index contributed by atoms with van der Waals surface area (Å²) in [6.07, 6.45) is 0.827. The molecule has 154 valence electrons. The van der Waals surface area contributed by atoms with Crippen molar-refractivity contribution >= 4 is 33.5 Å². The number of benzene rings is 2. The molecule has 1 N–H and O–H groups in total. The summed E-state index contributed by atoms with van der Waals surface area (Å²) < 4.78 is 6.78. The highest BCUT2D eigenvalue weighted by Gasteiger charge is 2.13. The van der Waals surface area contributed by atoms with Gasteiger partial charge in [-0.1, -0.05) is 29.8 Å². The first-order valence-electron chi connectivity index (χ1n) is 9.84. The van der Waals surface area contributed by atoms with Crippen LogP contribution in [0.1, 0.15) is 29.5 Å². The number of nitrogens with one attached hydrogen (secondary N) is 1. The molecule has 2 aromatic heterocycles. The third kappa shape index (κ3) is 4.07.